The maximum Gasteiger partial charge on any atom is 0.0547 e. The molecule has 0 fully saturated rings. The maximum atomic E-state index is 2.47. The minimum atomic E-state index is 1.18. The zero-order valence-electron chi connectivity index (χ0n) is 24.9. The molecule has 2 heterocycles. The van der Waals surface area contributed by atoms with Crippen molar-refractivity contribution in [1.29, 1.82) is 0 Å². The van der Waals surface area contributed by atoms with Gasteiger partial charge < -0.3 is 4.57 Å². The molecule has 0 spiro atoms. The van der Waals surface area contributed by atoms with E-state index in [1.807, 2.05) is 11.8 Å². The first-order valence-electron chi connectivity index (χ1n) is 15.8. The number of aromatic nitrogens is 1. The number of rotatable bonds is 3. The van der Waals surface area contributed by atoms with Crippen molar-refractivity contribution in [3.05, 3.63) is 164 Å². The molecular formula is C44H27NS. The summed E-state index contributed by atoms with van der Waals surface area (Å²) in [4.78, 5) is 2.65. The van der Waals surface area contributed by atoms with E-state index in [4.69, 9.17) is 0 Å². The van der Waals surface area contributed by atoms with Gasteiger partial charge >= 0.3 is 0 Å². The molecule has 0 amide bonds. The fourth-order valence-corrected chi connectivity index (χ4v) is 8.79. The molecule has 1 aromatic heterocycles. The molecule has 0 aliphatic carbocycles. The van der Waals surface area contributed by atoms with Crippen molar-refractivity contribution in [3.63, 3.8) is 0 Å². The average molecular weight is 602 g/mol. The van der Waals surface area contributed by atoms with Gasteiger partial charge in [-0.1, -0.05) is 145 Å². The Morgan fingerprint density at radius 2 is 0.978 bits per heavy atom. The topological polar surface area (TPSA) is 4.93 Å². The van der Waals surface area contributed by atoms with E-state index < -0.39 is 0 Å². The number of benzene rings is 8. The fourth-order valence-electron chi connectivity index (χ4n) is 7.66. The molecule has 0 bridgehead atoms. The van der Waals surface area contributed by atoms with Gasteiger partial charge in [0.1, 0.15) is 0 Å². The van der Waals surface area contributed by atoms with Crippen molar-refractivity contribution in [2.75, 3.05) is 0 Å². The molecule has 0 saturated carbocycles. The molecule has 1 aliphatic rings. The van der Waals surface area contributed by atoms with Crippen LogP contribution in [0.25, 0.3) is 82.4 Å². The number of fused-ring (bicyclic) bond motifs is 7. The van der Waals surface area contributed by atoms with Gasteiger partial charge in [0, 0.05) is 31.5 Å². The highest BCUT2D eigenvalue weighted by atomic mass is 32.2. The number of hydrogen-bond acceptors (Lipinski definition) is 1. The Balaban J connectivity index is 1.24. The van der Waals surface area contributed by atoms with Gasteiger partial charge in [-0.05, 0) is 74.3 Å². The van der Waals surface area contributed by atoms with Gasteiger partial charge in [0.25, 0.3) is 0 Å². The molecule has 46 heavy (non-hydrogen) atoms. The predicted molar refractivity (Wildman–Crippen MR) is 196 cm³/mol. The average Bonchev–Trinajstić information content (AvgIpc) is 3.47. The zero-order chi connectivity index (χ0) is 30.2. The van der Waals surface area contributed by atoms with Gasteiger partial charge in [-0.15, -0.1) is 0 Å². The fraction of sp³-hybridized carbons (Fsp3) is 0. The van der Waals surface area contributed by atoms with Gasteiger partial charge in [0.2, 0.25) is 0 Å². The van der Waals surface area contributed by atoms with E-state index in [-0.39, 0.29) is 0 Å². The van der Waals surface area contributed by atoms with E-state index in [1.165, 1.54) is 92.2 Å². The second kappa shape index (κ2) is 9.97. The Labute approximate surface area is 271 Å². The lowest BCUT2D eigenvalue weighted by Gasteiger charge is -2.22. The van der Waals surface area contributed by atoms with E-state index in [2.05, 4.69) is 168 Å². The van der Waals surface area contributed by atoms with Crippen molar-refractivity contribution in [1.82, 2.24) is 4.57 Å². The summed E-state index contributed by atoms with van der Waals surface area (Å²) in [5, 5.41) is 7.78. The Hall–Kier alpha value is -5.57. The first-order chi connectivity index (χ1) is 22.8. The highest BCUT2D eigenvalue weighted by Crippen LogP contribution is 2.50. The zero-order valence-corrected chi connectivity index (χ0v) is 25.8. The number of hydrogen-bond donors (Lipinski definition) is 0. The van der Waals surface area contributed by atoms with Gasteiger partial charge in [0.15, 0.2) is 0 Å². The van der Waals surface area contributed by atoms with Crippen LogP contribution in [0.4, 0.5) is 0 Å². The first kappa shape index (κ1) is 25.7. The van der Waals surface area contributed by atoms with Crippen molar-refractivity contribution < 1.29 is 0 Å². The highest BCUT2D eigenvalue weighted by molar-refractivity contribution is 7.99. The molecule has 0 N–H and O–H groups in total. The van der Waals surface area contributed by atoms with Gasteiger partial charge in [0.05, 0.1) is 16.7 Å². The highest BCUT2D eigenvalue weighted by Gasteiger charge is 2.22. The molecule has 214 valence electrons. The lowest BCUT2D eigenvalue weighted by atomic mass is 9.88. The third-order valence-corrected chi connectivity index (χ3v) is 10.8. The molecule has 0 saturated heterocycles. The van der Waals surface area contributed by atoms with Crippen molar-refractivity contribution in [3.8, 4) is 39.1 Å². The van der Waals surface area contributed by atoms with E-state index in [9.17, 15) is 0 Å². The van der Waals surface area contributed by atoms with Crippen LogP contribution < -0.4 is 0 Å². The van der Waals surface area contributed by atoms with Crippen LogP contribution >= 0.6 is 11.8 Å². The van der Waals surface area contributed by atoms with Crippen LogP contribution in [0.5, 0.6) is 0 Å². The summed E-state index contributed by atoms with van der Waals surface area (Å²) in [5.41, 5.74) is 11.2. The summed E-state index contributed by atoms with van der Waals surface area (Å²) in [6.45, 7) is 0. The standard InChI is InChI=1S/C44H27NS/c1-2-13-29-28(12-1)24-26-40-43(29)37-18-6-9-22-39(37)45(40)38-21-8-5-16-33(38)31-15-4-3-14-30(31)32-25-27-42-44-35(32)19-11-20-36(44)34-17-7-10-23-41(34)46-42/h1-27H. The molecule has 9 aromatic rings. The summed E-state index contributed by atoms with van der Waals surface area (Å²) < 4.78 is 2.47. The Morgan fingerprint density at radius 3 is 1.87 bits per heavy atom. The second-order valence-electron chi connectivity index (χ2n) is 12.0. The third-order valence-electron chi connectivity index (χ3n) is 9.61. The molecule has 1 nitrogen and oxygen atoms in total. The van der Waals surface area contributed by atoms with Crippen LogP contribution in [0.3, 0.4) is 0 Å². The van der Waals surface area contributed by atoms with Crippen LogP contribution in [0.1, 0.15) is 0 Å². The lowest BCUT2D eigenvalue weighted by Crippen LogP contribution is -1.98. The van der Waals surface area contributed by atoms with Crippen LogP contribution in [-0.4, -0.2) is 4.57 Å². The predicted octanol–water partition coefficient (Wildman–Crippen LogP) is 12.6. The van der Waals surface area contributed by atoms with Crippen LogP contribution in [0.2, 0.25) is 0 Å². The van der Waals surface area contributed by atoms with Crippen LogP contribution in [0.15, 0.2) is 174 Å². The summed E-state index contributed by atoms with van der Waals surface area (Å²) in [5.74, 6) is 0. The largest absolute Gasteiger partial charge is 0.309 e. The Kier molecular flexibility index (Phi) is 5.58. The molecule has 2 heteroatoms. The minimum Gasteiger partial charge on any atom is -0.309 e. The van der Waals surface area contributed by atoms with Crippen molar-refractivity contribution in [2.45, 2.75) is 9.79 Å². The SMILES string of the molecule is c1ccc2c(c1)Sc1ccc(-c3ccccc3-c3ccccc3-n3c4ccccc4c4c5ccccc5ccc43)c3cccc-2c13. The van der Waals surface area contributed by atoms with E-state index in [0.717, 1.165) is 0 Å². The van der Waals surface area contributed by atoms with Gasteiger partial charge in [-0.2, -0.15) is 0 Å². The van der Waals surface area contributed by atoms with Gasteiger partial charge in [-0.25, -0.2) is 0 Å². The Bertz CT molecular complexity index is 2680. The van der Waals surface area contributed by atoms with Crippen LogP contribution in [-0.2, 0) is 0 Å². The normalized spacial score (nSPS) is 12.3. The molecule has 0 atom stereocenters. The van der Waals surface area contributed by atoms with Crippen LogP contribution in [0, 0.1) is 0 Å². The smallest absolute Gasteiger partial charge is 0.0547 e. The molecule has 1 aliphatic heterocycles. The van der Waals surface area contributed by atoms with E-state index >= 15 is 0 Å². The summed E-state index contributed by atoms with van der Waals surface area (Å²) in [7, 11) is 0. The van der Waals surface area contributed by atoms with E-state index in [1.54, 1.807) is 0 Å². The maximum absolute atomic E-state index is 2.47. The van der Waals surface area contributed by atoms with E-state index in [0.29, 0.717) is 0 Å². The number of para-hydroxylation sites is 2. The molecule has 0 unspecified atom stereocenters. The quantitative estimate of drug-likeness (QED) is 0.195. The first-order valence-corrected chi connectivity index (χ1v) is 16.6. The third kappa shape index (κ3) is 3.65. The second-order valence-corrected chi connectivity index (χ2v) is 13.1. The molecule has 0 radical (unpaired) electrons. The van der Waals surface area contributed by atoms with Crippen molar-refractivity contribution >= 4 is 55.1 Å². The lowest BCUT2D eigenvalue weighted by molar-refractivity contribution is 1.18. The summed E-state index contributed by atoms with van der Waals surface area (Å²) in [6.07, 6.45) is 0. The molecule has 10 rings (SSSR count). The monoisotopic (exact) mass is 601 g/mol. The minimum absolute atomic E-state index is 1.18. The van der Waals surface area contributed by atoms with Gasteiger partial charge in [-0.3, -0.25) is 0 Å². The molecule has 8 aromatic carbocycles. The Morgan fingerprint density at radius 1 is 0.326 bits per heavy atom. The summed E-state index contributed by atoms with van der Waals surface area (Å²) >= 11 is 1.88. The number of nitrogens with zero attached hydrogens (tertiary/aromatic N) is 1. The van der Waals surface area contributed by atoms with Crippen molar-refractivity contribution in [2.24, 2.45) is 0 Å². The summed E-state index contributed by atoms with van der Waals surface area (Å²) in [6, 6.07) is 60.2. The molecular weight excluding hydrogens is 575 g/mol.